The van der Waals surface area contributed by atoms with Crippen molar-refractivity contribution >= 4 is 33.5 Å². The van der Waals surface area contributed by atoms with Gasteiger partial charge in [-0.25, -0.2) is 4.99 Å². The van der Waals surface area contributed by atoms with Crippen LogP contribution in [-0.2, 0) is 4.79 Å². The molecule has 0 bridgehead atoms. The summed E-state index contributed by atoms with van der Waals surface area (Å²) in [5.41, 5.74) is 1.24. The average molecular weight is 422 g/mol. The van der Waals surface area contributed by atoms with Crippen LogP contribution in [-0.4, -0.2) is 62.1 Å². The zero-order valence-electron chi connectivity index (χ0n) is 15.4. The number of halogens is 1. The SMILES string of the molecule is CCNC(=NCC(=O)N1CCCC1)NC1CCN(c2ccc(Br)cc2)C1. The molecule has 1 aromatic carbocycles. The maximum absolute atomic E-state index is 12.2. The molecule has 6 nitrogen and oxygen atoms in total. The molecule has 0 aromatic heterocycles. The molecule has 26 heavy (non-hydrogen) atoms. The molecular formula is C19H28BrN5O. The van der Waals surface area contributed by atoms with E-state index >= 15 is 0 Å². The minimum Gasteiger partial charge on any atom is -0.369 e. The van der Waals surface area contributed by atoms with Gasteiger partial charge in [0.15, 0.2) is 5.96 Å². The number of nitrogens with one attached hydrogen (secondary N) is 2. The van der Waals surface area contributed by atoms with Crippen molar-refractivity contribution in [3.63, 3.8) is 0 Å². The molecule has 1 amide bonds. The standard InChI is InChI=1S/C19H28BrN5O/c1-2-21-19(22-13-18(26)24-10-3-4-11-24)23-16-9-12-25(14-16)17-7-5-15(20)6-8-17/h5-8,16H,2-4,9-14H2,1H3,(H2,21,22,23). The quantitative estimate of drug-likeness (QED) is 0.565. The third-order valence-corrected chi connectivity index (χ3v) is 5.42. The number of nitrogens with zero attached hydrogens (tertiary/aromatic N) is 3. The fraction of sp³-hybridized carbons (Fsp3) is 0.579. The number of hydrogen-bond donors (Lipinski definition) is 2. The Hall–Kier alpha value is -1.76. The zero-order chi connectivity index (χ0) is 18.4. The van der Waals surface area contributed by atoms with Gasteiger partial charge in [-0.3, -0.25) is 4.79 Å². The lowest BCUT2D eigenvalue weighted by Gasteiger charge is -2.20. The van der Waals surface area contributed by atoms with Crippen LogP contribution in [0.1, 0.15) is 26.2 Å². The summed E-state index contributed by atoms with van der Waals surface area (Å²) >= 11 is 3.48. The first-order valence-corrected chi connectivity index (χ1v) is 10.3. The summed E-state index contributed by atoms with van der Waals surface area (Å²) in [6.45, 7) is 6.76. The van der Waals surface area contributed by atoms with Crippen LogP contribution in [0.25, 0.3) is 0 Å². The van der Waals surface area contributed by atoms with Crippen LogP contribution in [0.15, 0.2) is 33.7 Å². The van der Waals surface area contributed by atoms with Gasteiger partial charge in [0.1, 0.15) is 6.54 Å². The van der Waals surface area contributed by atoms with E-state index in [1.807, 2.05) is 11.8 Å². The predicted octanol–water partition coefficient (Wildman–Crippen LogP) is 2.21. The molecule has 2 heterocycles. The normalized spacial score (nSPS) is 20.5. The third kappa shape index (κ3) is 5.13. The van der Waals surface area contributed by atoms with Gasteiger partial charge in [0.25, 0.3) is 0 Å². The zero-order valence-corrected chi connectivity index (χ0v) is 17.0. The van der Waals surface area contributed by atoms with Crippen molar-refractivity contribution < 1.29 is 4.79 Å². The lowest BCUT2D eigenvalue weighted by Crippen LogP contribution is -2.45. The lowest BCUT2D eigenvalue weighted by molar-refractivity contribution is -0.128. The van der Waals surface area contributed by atoms with Crippen molar-refractivity contribution in [3.05, 3.63) is 28.7 Å². The molecule has 0 spiro atoms. The van der Waals surface area contributed by atoms with Crippen LogP contribution in [0.2, 0.25) is 0 Å². The number of carbonyl (C=O) groups is 1. The van der Waals surface area contributed by atoms with E-state index < -0.39 is 0 Å². The van der Waals surface area contributed by atoms with Crippen molar-refractivity contribution in [1.82, 2.24) is 15.5 Å². The number of carbonyl (C=O) groups excluding carboxylic acids is 1. The fourth-order valence-electron chi connectivity index (χ4n) is 3.49. The Bertz CT molecular complexity index is 627. The molecule has 2 aliphatic heterocycles. The van der Waals surface area contributed by atoms with E-state index in [0.717, 1.165) is 62.4 Å². The molecule has 1 atom stereocenters. The fourth-order valence-corrected chi connectivity index (χ4v) is 3.76. The molecule has 142 valence electrons. The number of rotatable bonds is 5. The molecule has 2 fully saturated rings. The van der Waals surface area contributed by atoms with E-state index in [4.69, 9.17) is 0 Å². The summed E-state index contributed by atoms with van der Waals surface area (Å²) in [6, 6.07) is 8.76. The number of likely N-dealkylation sites (tertiary alicyclic amines) is 1. The van der Waals surface area contributed by atoms with Gasteiger partial charge in [-0.15, -0.1) is 0 Å². The average Bonchev–Trinajstić information content (AvgIpc) is 3.32. The van der Waals surface area contributed by atoms with Crippen LogP contribution in [0.3, 0.4) is 0 Å². The Morgan fingerprint density at radius 1 is 1.23 bits per heavy atom. The maximum Gasteiger partial charge on any atom is 0.244 e. The Balaban J connectivity index is 1.53. The number of hydrogen-bond acceptors (Lipinski definition) is 3. The van der Waals surface area contributed by atoms with Gasteiger partial charge < -0.3 is 20.4 Å². The Morgan fingerprint density at radius 3 is 2.65 bits per heavy atom. The van der Waals surface area contributed by atoms with Crippen LogP contribution < -0.4 is 15.5 Å². The highest BCUT2D eigenvalue weighted by Gasteiger charge is 2.24. The number of anilines is 1. The molecule has 2 N–H and O–H groups in total. The molecular weight excluding hydrogens is 394 g/mol. The monoisotopic (exact) mass is 421 g/mol. The number of benzene rings is 1. The molecule has 2 saturated heterocycles. The maximum atomic E-state index is 12.2. The van der Waals surface area contributed by atoms with Gasteiger partial charge in [-0.2, -0.15) is 0 Å². The van der Waals surface area contributed by atoms with Crippen LogP contribution in [0.4, 0.5) is 5.69 Å². The van der Waals surface area contributed by atoms with Crippen LogP contribution in [0.5, 0.6) is 0 Å². The summed E-state index contributed by atoms with van der Waals surface area (Å²) in [5, 5.41) is 6.75. The minimum absolute atomic E-state index is 0.127. The highest BCUT2D eigenvalue weighted by Crippen LogP contribution is 2.22. The first-order valence-electron chi connectivity index (χ1n) is 9.49. The summed E-state index contributed by atoms with van der Waals surface area (Å²) in [6.07, 6.45) is 3.28. The third-order valence-electron chi connectivity index (χ3n) is 4.90. The lowest BCUT2D eigenvalue weighted by atomic mass is 10.3. The smallest absolute Gasteiger partial charge is 0.244 e. The van der Waals surface area contributed by atoms with E-state index in [1.165, 1.54) is 5.69 Å². The molecule has 2 aliphatic rings. The predicted molar refractivity (Wildman–Crippen MR) is 110 cm³/mol. The van der Waals surface area contributed by atoms with Crippen molar-refractivity contribution in [2.75, 3.05) is 44.2 Å². The largest absolute Gasteiger partial charge is 0.369 e. The van der Waals surface area contributed by atoms with Gasteiger partial charge in [0.2, 0.25) is 5.91 Å². The Kier molecular flexibility index (Phi) is 6.77. The van der Waals surface area contributed by atoms with Crippen LogP contribution in [0, 0.1) is 0 Å². The summed E-state index contributed by atoms with van der Waals surface area (Å²) in [4.78, 5) is 21.0. The van der Waals surface area contributed by atoms with E-state index in [-0.39, 0.29) is 12.5 Å². The molecule has 0 saturated carbocycles. The highest BCUT2D eigenvalue weighted by molar-refractivity contribution is 9.10. The number of amides is 1. The van der Waals surface area contributed by atoms with Crippen LogP contribution >= 0.6 is 15.9 Å². The van der Waals surface area contributed by atoms with Crippen molar-refractivity contribution in [2.24, 2.45) is 4.99 Å². The first kappa shape index (κ1) is 19.0. The summed E-state index contributed by atoms with van der Waals surface area (Å²) < 4.78 is 1.10. The summed E-state index contributed by atoms with van der Waals surface area (Å²) in [7, 11) is 0. The van der Waals surface area contributed by atoms with Gasteiger partial charge >= 0.3 is 0 Å². The second kappa shape index (κ2) is 9.26. The molecule has 1 aromatic rings. The summed E-state index contributed by atoms with van der Waals surface area (Å²) in [5.74, 6) is 0.866. The molecule has 1 unspecified atom stereocenters. The number of aliphatic imine (C=N–C) groups is 1. The Morgan fingerprint density at radius 2 is 1.96 bits per heavy atom. The molecule has 3 rings (SSSR count). The van der Waals surface area contributed by atoms with Crippen molar-refractivity contribution in [3.8, 4) is 0 Å². The molecule has 7 heteroatoms. The molecule has 0 aliphatic carbocycles. The van der Waals surface area contributed by atoms with Gasteiger partial charge in [0, 0.05) is 48.9 Å². The van der Waals surface area contributed by atoms with Gasteiger partial charge in [-0.05, 0) is 50.5 Å². The van der Waals surface area contributed by atoms with E-state index in [9.17, 15) is 4.79 Å². The first-order chi connectivity index (χ1) is 12.7. The van der Waals surface area contributed by atoms with Gasteiger partial charge in [0.05, 0.1) is 0 Å². The van der Waals surface area contributed by atoms with Crippen molar-refractivity contribution in [2.45, 2.75) is 32.2 Å². The van der Waals surface area contributed by atoms with E-state index in [1.54, 1.807) is 0 Å². The highest BCUT2D eigenvalue weighted by atomic mass is 79.9. The second-order valence-corrected chi connectivity index (χ2v) is 7.75. The number of guanidine groups is 1. The van der Waals surface area contributed by atoms with E-state index in [0.29, 0.717) is 6.04 Å². The van der Waals surface area contributed by atoms with Crippen molar-refractivity contribution in [1.29, 1.82) is 0 Å². The Labute approximate surface area is 164 Å². The topological polar surface area (TPSA) is 60.0 Å². The second-order valence-electron chi connectivity index (χ2n) is 6.84. The molecule has 0 radical (unpaired) electrons. The minimum atomic E-state index is 0.127. The van der Waals surface area contributed by atoms with E-state index in [2.05, 4.69) is 60.7 Å². The van der Waals surface area contributed by atoms with Gasteiger partial charge in [-0.1, -0.05) is 15.9 Å².